The topological polar surface area (TPSA) is 55.1 Å². The Kier molecular flexibility index (Phi) is 2.39. The van der Waals surface area contributed by atoms with Gasteiger partial charge >= 0.3 is 0 Å². The molecule has 0 aliphatic heterocycles. The molecular formula is C11H14N2O. The van der Waals surface area contributed by atoms with Crippen molar-refractivity contribution in [3.63, 3.8) is 0 Å². The molecule has 1 aliphatic rings. The van der Waals surface area contributed by atoms with Gasteiger partial charge in [-0.05, 0) is 31.0 Å². The number of carbonyl (C=O) groups is 1. The number of anilines is 2. The first-order valence-corrected chi connectivity index (χ1v) is 4.92. The van der Waals surface area contributed by atoms with Crippen LogP contribution in [-0.2, 0) is 4.79 Å². The van der Waals surface area contributed by atoms with Crippen LogP contribution in [0.4, 0.5) is 11.4 Å². The number of hydrogen-bond donors (Lipinski definition) is 2. The highest BCUT2D eigenvalue weighted by molar-refractivity contribution is 5.93. The van der Waals surface area contributed by atoms with E-state index < -0.39 is 0 Å². The molecule has 1 amide bonds. The summed E-state index contributed by atoms with van der Waals surface area (Å²) in [6, 6.07) is 7.27. The largest absolute Gasteiger partial charge is 0.399 e. The molecule has 0 aromatic heterocycles. The van der Waals surface area contributed by atoms with Gasteiger partial charge in [-0.25, -0.2) is 0 Å². The summed E-state index contributed by atoms with van der Waals surface area (Å²) >= 11 is 0. The highest BCUT2D eigenvalue weighted by Gasteiger charge is 2.24. The molecule has 0 unspecified atom stereocenters. The lowest BCUT2D eigenvalue weighted by molar-refractivity contribution is -0.122. The fraction of sp³-hybridized carbons (Fsp3) is 0.364. The van der Waals surface area contributed by atoms with Crippen LogP contribution < -0.4 is 11.1 Å². The maximum absolute atomic E-state index is 11.6. The van der Waals surface area contributed by atoms with E-state index in [1.165, 1.54) is 6.42 Å². The van der Waals surface area contributed by atoms with E-state index >= 15 is 0 Å². The SMILES string of the molecule is Nc1cccc(NC(=O)C2CCC2)c1. The minimum absolute atomic E-state index is 0.127. The minimum Gasteiger partial charge on any atom is -0.399 e. The van der Waals surface area contributed by atoms with Gasteiger partial charge in [0.2, 0.25) is 5.91 Å². The van der Waals surface area contributed by atoms with Gasteiger partial charge in [-0.2, -0.15) is 0 Å². The second-order valence-corrected chi connectivity index (χ2v) is 3.74. The second kappa shape index (κ2) is 3.70. The number of benzene rings is 1. The number of amides is 1. The van der Waals surface area contributed by atoms with Gasteiger partial charge < -0.3 is 11.1 Å². The summed E-state index contributed by atoms with van der Waals surface area (Å²) in [6.45, 7) is 0. The van der Waals surface area contributed by atoms with Gasteiger partial charge in [0, 0.05) is 17.3 Å². The summed E-state index contributed by atoms with van der Waals surface area (Å²) in [6.07, 6.45) is 3.22. The Labute approximate surface area is 83.3 Å². The van der Waals surface area contributed by atoms with Crippen LogP contribution in [0.1, 0.15) is 19.3 Å². The quantitative estimate of drug-likeness (QED) is 0.701. The smallest absolute Gasteiger partial charge is 0.227 e. The van der Waals surface area contributed by atoms with Gasteiger partial charge in [0.1, 0.15) is 0 Å². The Bertz CT molecular complexity index is 345. The number of nitrogen functional groups attached to an aromatic ring is 1. The molecule has 74 valence electrons. The third-order valence-corrected chi connectivity index (χ3v) is 2.63. The van der Waals surface area contributed by atoms with Gasteiger partial charge in [-0.3, -0.25) is 4.79 Å². The molecule has 1 aromatic rings. The molecule has 1 fully saturated rings. The number of carbonyl (C=O) groups excluding carboxylic acids is 1. The van der Waals surface area contributed by atoms with Crippen LogP contribution in [0.3, 0.4) is 0 Å². The summed E-state index contributed by atoms with van der Waals surface area (Å²) < 4.78 is 0. The molecule has 14 heavy (non-hydrogen) atoms. The third kappa shape index (κ3) is 1.87. The average molecular weight is 190 g/mol. The van der Waals surface area contributed by atoms with Crippen molar-refractivity contribution < 1.29 is 4.79 Å². The van der Waals surface area contributed by atoms with Crippen molar-refractivity contribution in [2.75, 3.05) is 11.1 Å². The Morgan fingerprint density at radius 1 is 1.43 bits per heavy atom. The zero-order valence-electron chi connectivity index (χ0n) is 7.99. The van der Waals surface area contributed by atoms with E-state index in [1.807, 2.05) is 12.1 Å². The summed E-state index contributed by atoms with van der Waals surface area (Å²) in [5, 5.41) is 2.87. The van der Waals surface area contributed by atoms with Crippen molar-refractivity contribution in [2.24, 2.45) is 5.92 Å². The molecule has 0 atom stereocenters. The molecule has 0 heterocycles. The molecule has 2 rings (SSSR count). The first-order chi connectivity index (χ1) is 6.75. The Hall–Kier alpha value is -1.51. The first kappa shape index (κ1) is 9.06. The number of nitrogens with one attached hydrogen (secondary N) is 1. The highest BCUT2D eigenvalue weighted by Crippen LogP contribution is 2.27. The third-order valence-electron chi connectivity index (χ3n) is 2.63. The second-order valence-electron chi connectivity index (χ2n) is 3.74. The standard InChI is InChI=1S/C11H14N2O/c12-9-5-2-6-10(7-9)13-11(14)8-3-1-4-8/h2,5-8H,1,3-4,12H2,(H,13,14). The van der Waals surface area contributed by atoms with E-state index in [2.05, 4.69) is 5.32 Å². The lowest BCUT2D eigenvalue weighted by Gasteiger charge is -2.24. The Balaban J connectivity index is 1.99. The van der Waals surface area contributed by atoms with Gasteiger partial charge in [0.15, 0.2) is 0 Å². The molecule has 1 aliphatic carbocycles. The molecule has 3 nitrogen and oxygen atoms in total. The molecule has 1 saturated carbocycles. The van der Waals surface area contributed by atoms with Crippen molar-refractivity contribution in [2.45, 2.75) is 19.3 Å². The van der Waals surface area contributed by atoms with Crippen molar-refractivity contribution in [3.8, 4) is 0 Å². The van der Waals surface area contributed by atoms with E-state index in [0.717, 1.165) is 18.5 Å². The maximum Gasteiger partial charge on any atom is 0.227 e. The predicted molar refractivity (Wildman–Crippen MR) is 56.8 cm³/mol. The van der Waals surface area contributed by atoms with Crippen LogP contribution >= 0.6 is 0 Å². The molecule has 3 heteroatoms. The summed E-state index contributed by atoms with van der Waals surface area (Å²) in [4.78, 5) is 11.6. The molecule has 0 spiro atoms. The van der Waals surface area contributed by atoms with Crippen LogP contribution in [0.5, 0.6) is 0 Å². The van der Waals surface area contributed by atoms with E-state index in [9.17, 15) is 4.79 Å². The fourth-order valence-corrected chi connectivity index (χ4v) is 1.53. The molecule has 0 radical (unpaired) electrons. The zero-order chi connectivity index (χ0) is 9.97. The average Bonchev–Trinajstić information content (AvgIpc) is 1.99. The van der Waals surface area contributed by atoms with Crippen LogP contribution in [0.2, 0.25) is 0 Å². The van der Waals surface area contributed by atoms with E-state index in [4.69, 9.17) is 5.73 Å². The first-order valence-electron chi connectivity index (χ1n) is 4.92. The van der Waals surface area contributed by atoms with Gasteiger partial charge in [0.05, 0.1) is 0 Å². The van der Waals surface area contributed by atoms with Crippen molar-refractivity contribution in [3.05, 3.63) is 24.3 Å². The van der Waals surface area contributed by atoms with Crippen LogP contribution in [-0.4, -0.2) is 5.91 Å². The number of nitrogens with two attached hydrogens (primary N) is 1. The molecular weight excluding hydrogens is 176 g/mol. The van der Waals surface area contributed by atoms with E-state index in [1.54, 1.807) is 12.1 Å². The summed E-state index contributed by atoms with van der Waals surface area (Å²) in [7, 11) is 0. The Morgan fingerprint density at radius 2 is 2.21 bits per heavy atom. The number of rotatable bonds is 2. The van der Waals surface area contributed by atoms with Crippen LogP contribution in [0.25, 0.3) is 0 Å². The van der Waals surface area contributed by atoms with Crippen molar-refractivity contribution >= 4 is 17.3 Å². The fourth-order valence-electron chi connectivity index (χ4n) is 1.53. The van der Waals surface area contributed by atoms with Crippen LogP contribution in [0.15, 0.2) is 24.3 Å². The number of hydrogen-bond acceptors (Lipinski definition) is 2. The molecule has 3 N–H and O–H groups in total. The Morgan fingerprint density at radius 3 is 2.79 bits per heavy atom. The van der Waals surface area contributed by atoms with Crippen LogP contribution in [0, 0.1) is 5.92 Å². The van der Waals surface area contributed by atoms with E-state index in [0.29, 0.717) is 5.69 Å². The maximum atomic E-state index is 11.6. The van der Waals surface area contributed by atoms with Gasteiger partial charge in [-0.1, -0.05) is 12.5 Å². The van der Waals surface area contributed by atoms with Crippen molar-refractivity contribution in [1.82, 2.24) is 0 Å². The summed E-state index contributed by atoms with van der Waals surface area (Å²) in [5.41, 5.74) is 7.08. The minimum atomic E-state index is 0.127. The lowest BCUT2D eigenvalue weighted by Crippen LogP contribution is -2.27. The molecule has 0 saturated heterocycles. The van der Waals surface area contributed by atoms with Gasteiger partial charge in [0.25, 0.3) is 0 Å². The zero-order valence-corrected chi connectivity index (χ0v) is 7.99. The van der Waals surface area contributed by atoms with Crippen molar-refractivity contribution in [1.29, 1.82) is 0 Å². The van der Waals surface area contributed by atoms with Gasteiger partial charge in [-0.15, -0.1) is 0 Å². The predicted octanol–water partition coefficient (Wildman–Crippen LogP) is 2.01. The molecule has 1 aromatic carbocycles. The highest BCUT2D eigenvalue weighted by atomic mass is 16.1. The molecule has 0 bridgehead atoms. The monoisotopic (exact) mass is 190 g/mol. The van der Waals surface area contributed by atoms with E-state index in [-0.39, 0.29) is 11.8 Å². The lowest BCUT2D eigenvalue weighted by atomic mass is 9.85. The normalized spacial score (nSPS) is 16.0. The summed E-state index contributed by atoms with van der Waals surface area (Å²) in [5.74, 6) is 0.346.